The molecular formula is C21H30N2O. The van der Waals surface area contributed by atoms with Crippen LogP contribution < -0.4 is 11.1 Å². The van der Waals surface area contributed by atoms with Gasteiger partial charge in [0.05, 0.1) is 6.17 Å². The van der Waals surface area contributed by atoms with Gasteiger partial charge < -0.3 is 11.1 Å². The van der Waals surface area contributed by atoms with E-state index < -0.39 is 0 Å². The monoisotopic (exact) mass is 326 g/mol. The fourth-order valence-electron chi connectivity index (χ4n) is 6.19. The number of carbonyl (C=O) groups is 1. The summed E-state index contributed by atoms with van der Waals surface area (Å²) < 4.78 is 0. The van der Waals surface area contributed by atoms with Crippen LogP contribution in [-0.4, -0.2) is 12.1 Å². The lowest BCUT2D eigenvalue weighted by Crippen LogP contribution is -2.58. The van der Waals surface area contributed by atoms with Crippen molar-refractivity contribution < 1.29 is 4.79 Å². The van der Waals surface area contributed by atoms with Crippen molar-refractivity contribution >= 4 is 5.91 Å². The van der Waals surface area contributed by atoms with E-state index in [2.05, 4.69) is 29.6 Å². The third-order valence-corrected chi connectivity index (χ3v) is 7.31. The number of aryl methyl sites for hydroxylation is 1. The SMILES string of the molecule is CCC(=O)NC(N)[C@@]12CCC[C@H]1[C@@H]1CCc3ccccc3[C@H]1CC2. The maximum atomic E-state index is 11.9. The zero-order chi connectivity index (χ0) is 16.7. The van der Waals surface area contributed by atoms with Crippen molar-refractivity contribution in [2.75, 3.05) is 0 Å². The Bertz CT molecular complexity index is 628. The van der Waals surface area contributed by atoms with Gasteiger partial charge in [0.25, 0.3) is 0 Å². The average molecular weight is 326 g/mol. The van der Waals surface area contributed by atoms with E-state index in [1.165, 1.54) is 44.9 Å². The lowest BCUT2D eigenvalue weighted by atomic mass is 9.54. The maximum absolute atomic E-state index is 11.9. The Morgan fingerprint density at radius 2 is 2.12 bits per heavy atom. The summed E-state index contributed by atoms with van der Waals surface area (Å²) in [6, 6.07) is 9.05. The smallest absolute Gasteiger partial charge is 0.220 e. The second-order valence-corrected chi connectivity index (χ2v) is 8.18. The zero-order valence-corrected chi connectivity index (χ0v) is 14.8. The Hall–Kier alpha value is -1.35. The summed E-state index contributed by atoms with van der Waals surface area (Å²) in [5.74, 6) is 2.23. The van der Waals surface area contributed by atoms with Crippen LogP contribution in [-0.2, 0) is 11.2 Å². The summed E-state index contributed by atoms with van der Waals surface area (Å²) in [6.45, 7) is 1.90. The van der Waals surface area contributed by atoms with Gasteiger partial charge in [-0.25, -0.2) is 0 Å². The fourth-order valence-corrected chi connectivity index (χ4v) is 6.19. The zero-order valence-electron chi connectivity index (χ0n) is 14.8. The molecule has 3 aliphatic rings. The highest BCUT2D eigenvalue weighted by Gasteiger charge is 2.55. The van der Waals surface area contributed by atoms with Gasteiger partial charge in [-0.15, -0.1) is 0 Å². The second-order valence-electron chi connectivity index (χ2n) is 8.18. The summed E-state index contributed by atoms with van der Waals surface area (Å²) in [5.41, 5.74) is 9.88. The molecule has 2 saturated carbocycles. The predicted octanol–water partition coefficient (Wildman–Crippen LogP) is 3.72. The number of fused-ring (bicyclic) bond motifs is 5. The van der Waals surface area contributed by atoms with Gasteiger partial charge in [-0.1, -0.05) is 37.6 Å². The van der Waals surface area contributed by atoms with Crippen LogP contribution in [0.4, 0.5) is 0 Å². The van der Waals surface area contributed by atoms with Gasteiger partial charge in [0, 0.05) is 11.8 Å². The van der Waals surface area contributed by atoms with Crippen molar-refractivity contribution in [2.45, 2.75) is 70.4 Å². The first-order chi connectivity index (χ1) is 11.7. The fraction of sp³-hybridized carbons (Fsp3) is 0.667. The predicted molar refractivity (Wildman–Crippen MR) is 96.4 cm³/mol. The third kappa shape index (κ3) is 2.40. The van der Waals surface area contributed by atoms with Crippen LogP contribution in [0, 0.1) is 17.3 Å². The number of hydrogen-bond donors (Lipinski definition) is 2. The Morgan fingerprint density at radius 3 is 2.96 bits per heavy atom. The number of amides is 1. The van der Waals surface area contributed by atoms with Crippen LogP contribution in [0.15, 0.2) is 24.3 Å². The van der Waals surface area contributed by atoms with Gasteiger partial charge in [0.1, 0.15) is 0 Å². The number of carbonyl (C=O) groups excluding carboxylic acids is 1. The first-order valence-electron chi connectivity index (χ1n) is 9.78. The molecule has 1 amide bonds. The van der Waals surface area contributed by atoms with E-state index in [9.17, 15) is 4.79 Å². The minimum absolute atomic E-state index is 0.0960. The Kier molecular flexibility index (Phi) is 4.16. The molecule has 0 bridgehead atoms. The quantitative estimate of drug-likeness (QED) is 0.832. The first-order valence-corrected chi connectivity index (χ1v) is 9.78. The van der Waals surface area contributed by atoms with Crippen LogP contribution in [0.3, 0.4) is 0 Å². The third-order valence-electron chi connectivity index (χ3n) is 7.31. The molecule has 24 heavy (non-hydrogen) atoms. The molecule has 3 heteroatoms. The van der Waals surface area contributed by atoms with Crippen LogP contribution in [0.25, 0.3) is 0 Å². The van der Waals surface area contributed by atoms with Crippen molar-refractivity contribution in [3.05, 3.63) is 35.4 Å². The highest BCUT2D eigenvalue weighted by Crippen LogP contribution is 2.61. The molecule has 130 valence electrons. The molecule has 0 saturated heterocycles. The minimum Gasteiger partial charge on any atom is -0.340 e. The largest absolute Gasteiger partial charge is 0.340 e. The molecule has 4 rings (SSSR count). The normalized spacial score (nSPS) is 35.5. The molecule has 1 aromatic rings. The maximum Gasteiger partial charge on any atom is 0.220 e. The van der Waals surface area contributed by atoms with Gasteiger partial charge >= 0.3 is 0 Å². The average Bonchev–Trinajstić information content (AvgIpc) is 3.07. The van der Waals surface area contributed by atoms with E-state index in [0.29, 0.717) is 18.3 Å². The molecule has 0 aromatic heterocycles. The highest BCUT2D eigenvalue weighted by molar-refractivity contribution is 5.75. The molecule has 3 N–H and O–H groups in total. The lowest BCUT2D eigenvalue weighted by molar-refractivity contribution is -0.123. The van der Waals surface area contributed by atoms with Crippen LogP contribution in [0.1, 0.15) is 68.9 Å². The summed E-state index contributed by atoms with van der Waals surface area (Å²) in [7, 11) is 0. The van der Waals surface area contributed by atoms with Crippen molar-refractivity contribution in [1.82, 2.24) is 5.32 Å². The number of nitrogens with two attached hydrogens (primary N) is 1. The van der Waals surface area contributed by atoms with Crippen LogP contribution >= 0.6 is 0 Å². The molecule has 2 fully saturated rings. The Morgan fingerprint density at radius 1 is 1.29 bits per heavy atom. The molecule has 1 unspecified atom stereocenters. The number of rotatable bonds is 3. The molecule has 3 nitrogen and oxygen atoms in total. The molecule has 5 atom stereocenters. The van der Waals surface area contributed by atoms with E-state index in [1.54, 1.807) is 11.1 Å². The van der Waals surface area contributed by atoms with Crippen LogP contribution in [0.2, 0.25) is 0 Å². The molecule has 0 heterocycles. The Balaban J connectivity index is 1.62. The summed E-state index contributed by atoms with van der Waals surface area (Å²) >= 11 is 0. The molecule has 0 spiro atoms. The van der Waals surface area contributed by atoms with E-state index >= 15 is 0 Å². The summed E-state index contributed by atoms with van der Waals surface area (Å²) in [6.07, 6.45) is 9.00. The highest BCUT2D eigenvalue weighted by atomic mass is 16.1. The van der Waals surface area contributed by atoms with Crippen molar-refractivity contribution in [2.24, 2.45) is 23.0 Å². The number of hydrogen-bond acceptors (Lipinski definition) is 2. The van der Waals surface area contributed by atoms with Crippen molar-refractivity contribution in [3.8, 4) is 0 Å². The standard InChI is InChI=1S/C21H30N2O/c1-2-19(24)23-20(22)21-12-5-8-18(21)17-10-9-14-6-3-4-7-15(14)16(17)11-13-21/h3-4,6-7,16-18,20H,2,5,8-13,22H2,1H3,(H,23,24)/t16-,17-,18+,20?,21-/m1/s1. The van der Waals surface area contributed by atoms with E-state index in [0.717, 1.165) is 5.92 Å². The molecular weight excluding hydrogens is 296 g/mol. The van der Waals surface area contributed by atoms with Gasteiger partial charge in [0.15, 0.2) is 0 Å². The first kappa shape index (κ1) is 16.1. The topological polar surface area (TPSA) is 55.1 Å². The number of benzene rings is 1. The van der Waals surface area contributed by atoms with Gasteiger partial charge in [-0.2, -0.15) is 0 Å². The molecule has 3 aliphatic carbocycles. The molecule has 0 radical (unpaired) electrons. The van der Waals surface area contributed by atoms with Crippen molar-refractivity contribution in [1.29, 1.82) is 0 Å². The summed E-state index contributed by atoms with van der Waals surface area (Å²) in [4.78, 5) is 11.9. The Labute approximate surface area is 145 Å². The van der Waals surface area contributed by atoms with E-state index in [-0.39, 0.29) is 17.5 Å². The van der Waals surface area contributed by atoms with Gasteiger partial charge in [-0.3, -0.25) is 4.79 Å². The molecule has 0 aliphatic heterocycles. The lowest BCUT2D eigenvalue weighted by Gasteiger charge is -2.52. The van der Waals surface area contributed by atoms with Gasteiger partial charge in [-0.05, 0) is 67.4 Å². The number of nitrogens with one attached hydrogen (secondary N) is 1. The van der Waals surface area contributed by atoms with E-state index in [1.807, 2.05) is 6.92 Å². The van der Waals surface area contributed by atoms with Crippen LogP contribution in [0.5, 0.6) is 0 Å². The van der Waals surface area contributed by atoms with E-state index in [4.69, 9.17) is 5.73 Å². The second kappa shape index (κ2) is 6.18. The molecule has 1 aromatic carbocycles. The summed E-state index contributed by atoms with van der Waals surface area (Å²) in [5, 5.41) is 3.11. The minimum atomic E-state index is -0.171. The van der Waals surface area contributed by atoms with Gasteiger partial charge in [0.2, 0.25) is 5.91 Å². The van der Waals surface area contributed by atoms with Crippen molar-refractivity contribution in [3.63, 3.8) is 0 Å².